The predicted octanol–water partition coefficient (Wildman–Crippen LogP) is 4.55. The van der Waals surface area contributed by atoms with Gasteiger partial charge in [0.05, 0.1) is 23.4 Å². The lowest BCUT2D eigenvalue weighted by Crippen LogP contribution is -2.15. The molecule has 1 heterocycles. The van der Waals surface area contributed by atoms with Gasteiger partial charge in [0.2, 0.25) is 0 Å². The molecule has 4 N–H and O–H groups in total. The Morgan fingerprint density at radius 3 is 2.52 bits per heavy atom. The van der Waals surface area contributed by atoms with Crippen LogP contribution < -0.4 is 14.8 Å². The summed E-state index contributed by atoms with van der Waals surface area (Å²) < 4.78 is 33.5. The van der Waals surface area contributed by atoms with Gasteiger partial charge in [0.25, 0.3) is 15.9 Å². The summed E-state index contributed by atoms with van der Waals surface area (Å²) in [6.07, 6.45) is 0. The molecule has 170 valence electrons. The molecular weight excluding hydrogens is 442 g/mol. The van der Waals surface area contributed by atoms with Crippen LogP contribution in [0.4, 0.5) is 11.4 Å². The van der Waals surface area contributed by atoms with Crippen molar-refractivity contribution < 1.29 is 23.1 Å². The number of methoxy groups -OCH3 is 1. The molecule has 0 spiro atoms. The van der Waals surface area contributed by atoms with Crippen LogP contribution in [0.5, 0.6) is 11.5 Å². The van der Waals surface area contributed by atoms with Crippen molar-refractivity contribution in [2.75, 3.05) is 17.1 Å². The van der Waals surface area contributed by atoms with Crippen molar-refractivity contribution in [3.63, 3.8) is 0 Å². The molecule has 33 heavy (non-hydrogen) atoms. The molecule has 3 aromatic carbocycles. The molecule has 0 saturated heterocycles. The van der Waals surface area contributed by atoms with Crippen LogP contribution in [-0.2, 0) is 10.0 Å². The summed E-state index contributed by atoms with van der Waals surface area (Å²) in [5.74, 6) is -0.411. The summed E-state index contributed by atoms with van der Waals surface area (Å²) in [5.41, 5.74) is 3.43. The fourth-order valence-electron chi connectivity index (χ4n) is 3.63. The van der Waals surface area contributed by atoms with Gasteiger partial charge in [0.1, 0.15) is 17.2 Å². The normalized spacial score (nSPS) is 11.4. The molecule has 9 heteroatoms. The van der Waals surface area contributed by atoms with Crippen molar-refractivity contribution >= 4 is 38.2 Å². The van der Waals surface area contributed by atoms with Crippen LogP contribution in [0.3, 0.4) is 0 Å². The van der Waals surface area contributed by atoms with E-state index in [1.807, 2.05) is 26.0 Å². The monoisotopic (exact) mass is 465 g/mol. The van der Waals surface area contributed by atoms with Crippen molar-refractivity contribution in [3.8, 4) is 11.5 Å². The van der Waals surface area contributed by atoms with Crippen LogP contribution in [-0.4, -0.2) is 31.5 Å². The molecule has 8 nitrogen and oxygen atoms in total. The number of aryl methyl sites for hydroxylation is 2. The lowest BCUT2D eigenvalue weighted by Gasteiger charge is -2.13. The molecule has 0 bridgehead atoms. The number of ether oxygens (including phenoxy) is 1. The highest BCUT2D eigenvalue weighted by atomic mass is 32.2. The van der Waals surface area contributed by atoms with E-state index in [9.17, 15) is 18.3 Å². The molecule has 0 aliphatic heterocycles. The van der Waals surface area contributed by atoms with Gasteiger partial charge in [-0.1, -0.05) is 18.2 Å². The van der Waals surface area contributed by atoms with Gasteiger partial charge in [0, 0.05) is 10.9 Å². The molecule has 4 aromatic rings. The molecule has 4 rings (SSSR count). The van der Waals surface area contributed by atoms with Crippen LogP contribution in [0.2, 0.25) is 0 Å². The zero-order valence-electron chi connectivity index (χ0n) is 18.3. The summed E-state index contributed by atoms with van der Waals surface area (Å²) in [6.45, 7) is 3.93. The van der Waals surface area contributed by atoms with Crippen LogP contribution in [0, 0.1) is 13.8 Å². The highest BCUT2D eigenvalue weighted by molar-refractivity contribution is 7.92. The van der Waals surface area contributed by atoms with Crippen LogP contribution in [0.15, 0.2) is 65.6 Å². The molecule has 0 fully saturated rings. The van der Waals surface area contributed by atoms with Crippen molar-refractivity contribution in [1.82, 2.24) is 4.98 Å². The van der Waals surface area contributed by atoms with Gasteiger partial charge in [-0.05, 0) is 67.4 Å². The van der Waals surface area contributed by atoms with Gasteiger partial charge in [-0.15, -0.1) is 0 Å². The maximum atomic E-state index is 12.9. The SMILES string of the molecule is COc1ccccc1NS(=O)(=O)c1ccc(O)c(NC(=O)c2cc3c(C)cc(C)cc3[nH]2)c1. The van der Waals surface area contributed by atoms with E-state index in [1.54, 1.807) is 30.3 Å². The van der Waals surface area contributed by atoms with Crippen LogP contribution in [0.25, 0.3) is 10.9 Å². The van der Waals surface area contributed by atoms with Crippen LogP contribution in [0.1, 0.15) is 21.6 Å². The number of hydrogen-bond acceptors (Lipinski definition) is 5. The average molecular weight is 466 g/mol. The van der Waals surface area contributed by atoms with E-state index in [0.717, 1.165) is 22.0 Å². The summed E-state index contributed by atoms with van der Waals surface area (Å²) >= 11 is 0. The molecule has 0 atom stereocenters. The number of fused-ring (bicyclic) bond motifs is 1. The smallest absolute Gasteiger partial charge is 0.272 e. The van der Waals surface area contributed by atoms with E-state index in [0.29, 0.717) is 11.4 Å². The third kappa shape index (κ3) is 4.49. The van der Waals surface area contributed by atoms with Crippen molar-refractivity contribution in [3.05, 3.63) is 77.5 Å². The Bertz CT molecular complexity index is 1470. The Kier molecular flexibility index (Phi) is 5.73. The third-order valence-electron chi connectivity index (χ3n) is 5.21. The van der Waals surface area contributed by atoms with Gasteiger partial charge in [-0.2, -0.15) is 0 Å². The number of hydrogen-bond donors (Lipinski definition) is 4. The number of amides is 1. The average Bonchev–Trinajstić information content (AvgIpc) is 3.20. The number of phenols is 1. The number of aromatic amines is 1. The minimum Gasteiger partial charge on any atom is -0.506 e. The topological polar surface area (TPSA) is 121 Å². The number of carbonyl (C=O) groups excluding carboxylic acids is 1. The van der Waals surface area contributed by atoms with E-state index in [2.05, 4.69) is 15.0 Å². The number of anilines is 2. The largest absolute Gasteiger partial charge is 0.506 e. The maximum absolute atomic E-state index is 12.9. The first-order chi connectivity index (χ1) is 15.7. The lowest BCUT2D eigenvalue weighted by atomic mass is 10.1. The number of nitrogens with one attached hydrogen (secondary N) is 3. The van der Waals surface area contributed by atoms with E-state index in [4.69, 9.17) is 4.74 Å². The zero-order valence-corrected chi connectivity index (χ0v) is 19.1. The number of H-pyrrole nitrogens is 1. The standard InChI is InChI=1S/C24H23N3O5S/c1-14-10-15(2)17-13-21(25-19(17)11-14)24(29)26-20-12-16(8-9-22(20)28)33(30,31)27-18-6-4-5-7-23(18)32-3/h4-13,25,27-28H,1-3H3,(H,26,29). The number of aromatic hydroxyl groups is 1. The van der Waals surface area contributed by atoms with E-state index in [1.165, 1.54) is 25.3 Å². The second-order valence-electron chi connectivity index (χ2n) is 7.66. The number of rotatable bonds is 6. The number of aromatic nitrogens is 1. The van der Waals surface area contributed by atoms with Crippen molar-refractivity contribution in [2.45, 2.75) is 18.7 Å². The number of para-hydroxylation sites is 2. The maximum Gasteiger partial charge on any atom is 0.272 e. The Hall–Kier alpha value is -3.98. The minimum atomic E-state index is -4.02. The second kappa shape index (κ2) is 8.51. The summed E-state index contributed by atoms with van der Waals surface area (Å²) in [5, 5.41) is 13.7. The molecular formula is C24H23N3O5S. The summed E-state index contributed by atoms with van der Waals surface area (Å²) in [7, 11) is -2.58. The molecule has 0 unspecified atom stereocenters. The van der Waals surface area contributed by atoms with Gasteiger partial charge in [-0.3, -0.25) is 9.52 Å². The van der Waals surface area contributed by atoms with Gasteiger partial charge in [-0.25, -0.2) is 8.42 Å². The molecule has 0 saturated carbocycles. The van der Waals surface area contributed by atoms with E-state index < -0.39 is 15.9 Å². The second-order valence-corrected chi connectivity index (χ2v) is 9.35. The quantitative estimate of drug-likeness (QED) is 0.311. The van der Waals surface area contributed by atoms with Crippen molar-refractivity contribution in [1.29, 1.82) is 0 Å². The predicted molar refractivity (Wildman–Crippen MR) is 128 cm³/mol. The molecule has 0 aliphatic carbocycles. The number of sulfonamides is 1. The number of benzene rings is 3. The van der Waals surface area contributed by atoms with Crippen LogP contribution >= 0.6 is 0 Å². The fourth-order valence-corrected chi connectivity index (χ4v) is 4.72. The molecule has 1 aromatic heterocycles. The Balaban J connectivity index is 1.62. The minimum absolute atomic E-state index is 0.0329. The molecule has 0 aliphatic rings. The summed E-state index contributed by atoms with van der Waals surface area (Å²) in [6, 6.07) is 15.9. The number of carbonyl (C=O) groups is 1. The lowest BCUT2D eigenvalue weighted by molar-refractivity contribution is 0.102. The fraction of sp³-hybridized carbons (Fsp3) is 0.125. The van der Waals surface area contributed by atoms with E-state index >= 15 is 0 Å². The Morgan fingerprint density at radius 1 is 1.00 bits per heavy atom. The first kappa shape index (κ1) is 22.2. The Morgan fingerprint density at radius 2 is 1.76 bits per heavy atom. The molecule has 0 radical (unpaired) electrons. The highest BCUT2D eigenvalue weighted by Gasteiger charge is 2.20. The van der Waals surface area contributed by atoms with E-state index in [-0.39, 0.29) is 22.0 Å². The molecule has 1 amide bonds. The first-order valence-electron chi connectivity index (χ1n) is 10.1. The summed E-state index contributed by atoms with van der Waals surface area (Å²) in [4.78, 5) is 15.8. The number of phenolic OH excluding ortho intramolecular Hbond substituents is 1. The Labute approximate surface area is 191 Å². The van der Waals surface area contributed by atoms with Gasteiger partial charge in [0.15, 0.2) is 0 Å². The van der Waals surface area contributed by atoms with Gasteiger partial charge < -0.3 is 20.1 Å². The zero-order chi connectivity index (χ0) is 23.8. The van der Waals surface area contributed by atoms with Gasteiger partial charge >= 0.3 is 0 Å². The van der Waals surface area contributed by atoms with Crippen molar-refractivity contribution in [2.24, 2.45) is 0 Å². The highest BCUT2D eigenvalue weighted by Crippen LogP contribution is 2.30. The third-order valence-corrected chi connectivity index (χ3v) is 6.57. The first-order valence-corrected chi connectivity index (χ1v) is 11.6.